The van der Waals surface area contributed by atoms with Crippen molar-refractivity contribution in [1.82, 2.24) is 15.0 Å². The van der Waals surface area contributed by atoms with E-state index in [1.54, 1.807) is 0 Å². The first-order chi connectivity index (χ1) is 17.8. The van der Waals surface area contributed by atoms with Gasteiger partial charge in [0.1, 0.15) is 0 Å². The van der Waals surface area contributed by atoms with Crippen LogP contribution in [0.25, 0.3) is 10.8 Å². The zero-order valence-electron chi connectivity index (χ0n) is 20.3. The second-order valence-electron chi connectivity index (χ2n) is 8.10. The highest BCUT2D eigenvalue weighted by atomic mass is 16.5. The summed E-state index contributed by atoms with van der Waals surface area (Å²) in [6, 6.07) is 24.7. The van der Waals surface area contributed by atoms with Crippen LogP contribution in [0.1, 0.15) is 5.56 Å². The Bertz CT molecular complexity index is 1210. The standard InChI is InChI=1S/C27H33N7O2/c28-13-16-35-18-19-36-17-15-30-26-32-25(29-14-12-21-6-2-1-3-7-21)33-27(34-26)31-24-11-10-22-8-4-5-9-23(22)20-24/h1-11,20H,12-19,28H2,(H3,29,30,31,32,33,34). The largest absolute Gasteiger partial charge is 0.378 e. The first kappa shape index (κ1) is 25.3. The summed E-state index contributed by atoms with van der Waals surface area (Å²) in [4.78, 5) is 13.7. The molecule has 1 aromatic heterocycles. The molecule has 9 heteroatoms. The van der Waals surface area contributed by atoms with Crippen molar-refractivity contribution in [2.75, 3.05) is 62.0 Å². The third kappa shape index (κ3) is 8.16. The van der Waals surface area contributed by atoms with Crippen molar-refractivity contribution in [3.63, 3.8) is 0 Å². The molecule has 0 spiro atoms. The van der Waals surface area contributed by atoms with Crippen LogP contribution in [0.5, 0.6) is 0 Å². The van der Waals surface area contributed by atoms with Crippen LogP contribution in [0.15, 0.2) is 72.8 Å². The zero-order valence-corrected chi connectivity index (χ0v) is 20.3. The van der Waals surface area contributed by atoms with E-state index in [4.69, 9.17) is 15.2 Å². The molecule has 0 atom stereocenters. The van der Waals surface area contributed by atoms with E-state index in [0.29, 0.717) is 63.9 Å². The minimum atomic E-state index is 0.459. The Morgan fingerprint density at radius 3 is 2.08 bits per heavy atom. The minimum Gasteiger partial charge on any atom is -0.378 e. The third-order valence-electron chi connectivity index (χ3n) is 5.34. The molecule has 0 saturated heterocycles. The van der Waals surface area contributed by atoms with Gasteiger partial charge < -0.3 is 31.2 Å². The Labute approximate surface area is 211 Å². The average molecular weight is 488 g/mol. The lowest BCUT2D eigenvalue weighted by Gasteiger charge is -2.12. The molecule has 1 heterocycles. The SMILES string of the molecule is NCCOCCOCCNc1nc(NCCc2ccccc2)nc(Nc2ccc3ccccc3c2)n1. The fourth-order valence-corrected chi connectivity index (χ4v) is 3.59. The molecular formula is C27H33N7O2. The van der Waals surface area contributed by atoms with E-state index in [1.807, 2.05) is 36.4 Å². The summed E-state index contributed by atoms with van der Waals surface area (Å²) in [6.45, 7) is 3.85. The van der Waals surface area contributed by atoms with E-state index in [2.05, 4.69) is 67.3 Å². The number of hydrogen-bond acceptors (Lipinski definition) is 9. The third-order valence-corrected chi connectivity index (χ3v) is 5.34. The van der Waals surface area contributed by atoms with Gasteiger partial charge in [-0.2, -0.15) is 15.0 Å². The summed E-state index contributed by atoms with van der Waals surface area (Å²) in [5.74, 6) is 1.43. The maximum atomic E-state index is 5.58. The fourth-order valence-electron chi connectivity index (χ4n) is 3.59. The monoisotopic (exact) mass is 487 g/mol. The molecule has 3 aromatic carbocycles. The summed E-state index contributed by atoms with van der Waals surface area (Å²) >= 11 is 0. The molecule has 0 saturated carbocycles. The maximum Gasteiger partial charge on any atom is 0.233 e. The second-order valence-corrected chi connectivity index (χ2v) is 8.10. The zero-order chi connectivity index (χ0) is 24.8. The number of anilines is 4. The number of rotatable bonds is 15. The van der Waals surface area contributed by atoms with E-state index in [1.165, 1.54) is 10.9 Å². The fraction of sp³-hybridized carbons (Fsp3) is 0.296. The molecule has 0 radical (unpaired) electrons. The van der Waals surface area contributed by atoms with Crippen LogP contribution in [-0.2, 0) is 15.9 Å². The molecule has 188 valence electrons. The molecule has 0 aliphatic heterocycles. The molecule has 9 nitrogen and oxygen atoms in total. The molecule has 4 aromatic rings. The Morgan fingerprint density at radius 1 is 0.639 bits per heavy atom. The Morgan fingerprint density at radius 2 is 1.31 bits per heavy atom. The van der Waals surface area contributed by atoms with Crippen LogP contribution in [0.2, 0.25) is 0 Å². The van der Waals surface area contributed by atoms with Crippen molar-refractivity contribution in [1.29, 1.82) is 0 Å². The normalized spacial score (nSPS) is 10.9. The van der Waals surface area contributed by atoms with Crippen molar-refractivity contribution < 1.29 is 9.47 Å². The number of benzene rings is 3. The van der Waals surface area contributed by atoms with E-state index < -0.39 is 0 Å². The van der Waals surface area contributed by atoms with Crippen molar-refractivity contribution in [2.24, 2.45) is 5.73 Å². The minimum absolute atomic E-state index is 0.459. The average Bonchev–Trinajstić information content (AvgIpc) is 2.91. The van der Waals surface area contributed by atoms with Gasteiger partial charge in [0, 0.05) is 25.3 Å². The van der Waals surface area contributed by atoms with E-state index >= 15 is 0 Å². The van der Waals surface area contributed by atoms with Crippen molar-refractivity contribution in [2.45, 2.75) is 6.42 Å². The van der Waals surface area contributed by atoms with Gasteiger partial charge in [0.05, 0.1) is 26.4 Å². The molecule has 0 aliphatic rings. The summed E-state index contributed by atoms with van der Waals surface area (Å²) in [5.41, 5.74) is 7.56. The molecule has 0 aliphatic carbocycles. The maximum absolute atomic E-state index is 5.58. The van der Waals surface area contributed by atoms with Gasteiger partial charge in [0.15, 0.2) is 0 Å². The summed E-state index contributed by atoms with van der Waals surface area (Å²) in [5, 5.41) is 12.2. The van der Waals surface area contributed by atoms with Crippen LogP contribution < -0.4 is 21.7 Å². The van der Waals surface area contributed by atoms with Crippen LogP contribution in [0.4, 0.5) is 23.5 Å². The number of nitrogens with two attached hydrogens (primary N) is 1. The van der Waals surface area contributed by atoms with Gasteiger partial charge in [-0.25, -0.2) is 0 Å². The lowest BCUT2D eigenvalue weighted by atomic mass is 10.1. The van der Waals surface area contributed by atoms with Crippen molar-refractivity contribution in [3.8, 4) is 0 Å². The van der Waals surface area contributed by atoms with Gasteiger partial charge in [0.2, 0.25) is 17.8 Å². The molecule has 36 heavy (non-hydrogen) atoms. The topological polar surface area (TPSA) is 119 Å². The number of ether oxygens (including phenoxy) is 2. The summed E-state index contributed by atoms with van der Waals surface area (Å²) in [6.07, 6.45) is 0.864. The van der Waals surface area contributed by atoms with Crippen LogP contribution in [0.3, 0.4) is 0 Å². The van der Waals surface area contributed by atoms with E-state index in [0.717, 1.165) is 17.5 Å². The van der Waals surface area contributed by atoms with Crippen LogP contribution >= 0.6 is 0 Å². The second kappa shape index (κ2) is 13.9. The van der Waals surface area contributed by atoms with Crippen molar-refractivity contribution >= 4 is 34.3 Å². The van der Waals surface area contributed by atoms with Gasteiger partial charge >= 0.3 is 0 Å². The van der Waals surface area contributed by atoms with Crippen LogP contribution in [-0.4, -0.2) is 61.0 Å². The van der Waals surface area contributed by atoms with Gasteiger partial charge in [-0.1, -0.05) is 60.7 Å². The van der Waals surface area contributed by atoms with Gasteiger partial charge in [-0.15, -0.1) is 0 Å². The van der Waals surface area contributed by atoms with Gasteiger partial charge in [0.25, 0.3) is 0 Å². The van der Waals surface area contributed by atoms with E-state index in [9.17, 15) is 0 Å². The predicted molar refractivity (Wildman–Crippen MR) is 145 cm³/mol. The Kier molecular flexibility index (Phi) is 9.80. The van der Waals surface area contributed by atoms with Crippen LogP contribution in [0, 0.1) is 0 Å². The molecule has 0 fully saturated rings. The number of nitrogens with one attached hydrogen (secondary N) is 3. The highest BCUT2D eigenvalue weighted by molar-refractivity contribution is 5.86. The Hall–Kier alpha value is -3.79. The number of fused-ring (bicyclic) bond motifs is 1. The van der Waals surface area contributed by atoms with Gasteiger partial charge in [-0.3, -0.25) is 0 Å². The number of aromatic nitrogens is 3. The lowest BCUT2D eigenvalue weighted by Crippen LogP contribution is -2.17. The molecule has 5 N–H and O–H groups in total. The highest BCUT2D eigenvalue weighted by Crippen LogP contribution is 2.21. The molecule has 0 bridgehead atoms. The Balaban J connectivity index is 1.39. The first-order valence-electron chi connectivity index (χ1n) is 12.2. The van der Waals surface area contributed by atoms with Gasteiger partial charge in [-0.05, 0) is 34.9 Å². The highest BCUT2D eigenvalue weighted by Gasteiger charge is 2.08. The molecule has 4 rings (SSSR count). The predicted octanol–water partition coefficient (Wildman–Crippen LogP) is 3.83. The summed E-state index contributed by atoms with van der Waals surface area (Å²) in [7, 11) is 0. The molecular weight excluding hydrogens is 454 g/mol. The molecule has 0 amide bonds. The van der Waals surface area contributed by atoms with E-state index in [-0.39, 0.29) is 0 Å². The number of nitrogens with zero attached hydrogens (tertiary/aromatic N) is 3. The smallest absolute Gasteiger partial charge is 0.233 e. The quantitative estimate of drug-likeness (QED) is 0.186. The number of hydrogen-bond donors (Lipinski definition) is 4. The molecule has 0 unspecified atom stereocenters. The lowest BCUT2D eigenvalue weighted by molar-refractivity contribution is 0.0547. The first-order valence-corrected chi connectivity index (χ1v) is 12.2. The summed E-state index contributed by atoms with van der Waals surface area (Å²) < 4.78 is 10.9. The van der Waals surface area contributed by atoms with Crippen molar-refractivity contribution in [3.05, 3.63) is 78.4 Å².